The van der Waals surface area contributed by atoms with Gasteiger partial charge in [0.1, 0.15) is 0 Å². The second kappa shape index (κ2) is 37.5. The third-order valence-corrected chi connectivity index (χ3v) is 6.44. The van der Waals surface area contributed by atoms with E-state index in [9.17, 15) is 59.4 Å². The Labute approximate surface area is 432 Å². The van der Waals surface area contributed by atoms with E-state index in [1.165, 1.54) is 41.5 Å². The molecule has 0 bridgehead atoms. The van der Waals surface area contributed by atoms with E-state index in [2.05, 4.69) is 0 Å². The number of carbonyl (C=O) groups excluding carboxylic acids is 6. The van der Waals surface area contributed by atoms with Crippen LogP contribution < -0.4 is 68.4 Å². The first-order valence-corrected chi connectivity index (χ1v) is 19.4. The van der Waals surface area contributed by atoms with Gasteiger partial charge in [-0.2, -0.15) is 0 Å². The van der Waals surface area contributed by atoms with E-state index in [0.717, 1.165) is 36.5 Å². The van der Waals surface area contributed by atoms with Crippen molar-refractivity contribution >= 4 is 34.7 Å². The monoisotopic (exact) mass is 978 g/mol. The van der Waals surface area contributed by atoms with Gasteiger partial charge in [-0.25, -0.2) is 0 Å². The summed E-state index contributed by atoms with van der Waals surface area (Å²) >= 11 is 0. The fraction of sp³-hybridized carbons (Fsp3) is 0.625. The van der Waals surface area contributed by atoms with Gasteiger partial charge in [-0.1, -0.05) is 166 Å². The third kappa shape index (κ3) is 61.6. The van der Waals surface area contributed by atoms with Crippen molar-refractivity contribution in [2.24, 2.45) is 32.5 Å². The second-order valence-corrected chi connectivity index (χ2v) is 20.2. The smallest absolute Gasteiger partial charge is 0.876 e. The molecule has 0 saturated carbocycles. The minimum absolute atomic E-state index is 0. The summed E-state index contributed by atoms with van der Waals surface area (Å²) in [4.78, 5) is 66.0. The Balaban J connectivity index is -0.0000000675. The van der Waals surface area contributed by atoms with Gasteiger partial charge in [0, 0.05) is 32.5 Å². The molecule has 0 amide bonds. The van der Waals surface area contributed by atoms with Crippen molar-refractivity contribution in [1.29, 1.82) is 0 Å². The molecular weight excluding hydrogens is 900 g/mol. The Morgan fingerprint density at radius 3 is 0.328 bits per heavy atom. The molecule has 0 N–H and O–H groups in total. The summed E-state index contributed by atoms with van der Waals surface area (Å²) in [5.74, 6) is -1.75. The summed E-state index contributed by atoms with van der Waals surface area (Å²) in [5, 5.41) is 62.5. The van der Waals surface area contributed by atoms with Crippen LogP contribution in [0.1, 0.15) is 166 Å². The largest absolute Gasteiger partial charge is 2.00 e. The number of ketones is 6. The maximum atomic E-state index is 11.0. The molecule has 0 rings (SSSR count). The molecule has 0 aromatic rings. The van der Waals surface area contributed by atoms with Crippen LogP contribution >= 0.6 is 0 Å². The molecule has 0 aliphatic rings. The van der Waals surface area contributed by atoms with Crippen LogP contribution in [0, 0.1) is 32.5 Å². The van der Waals surface area contributed by atoms with E-state index in [-0.39, 0.29) is 141 Å². The minimum atomic E-state index is -0.425. The SMILES string of the molecule is C/C([O-])=C/C(=O)C(C)(C)C.C/C([O-])=C/C(=O)C(C)(C)C.C/C([O-])=C/C(=O)C(C)(C)C.C/C([O-])=C/C(=O)C(C)(C)C.C/C([O-])=C/C(=O)C(C)(C)C.C/C([O-])=C/C(=O)C(C)(C)C.[Co+2].[Co+2].[Li+].[Li+]. The van der Waals surface area contributed by atoms with Crippen LogP contribution in [0.25, 0.3) is 0 Å². The fourth-order valence-electron chi connectivity index (χ4n) is 2.41. The van der Waals surface area contributed by atoms with Gasteiger partial charge >= 0.3 is 71.3 Å². The molecule has 0 aromatic heterocycles. The van der Waals surface area contributed by atoms with Crippen LogP contribution in [0.15, 0.2) is 71.0 Å². The number of allylic oxidation sites excluding steroid dienone is 12. The van der Waals surface area contributed by atoms with Crippen molar-refractivity contribution < 1.29 is 131 Å². The van der Waals surface area contributed by atoms with Crippen LogP contribution in [0.4, 0.5) is 0 Å². The van der Waals surface area contributed by atoms with Crippen LogP contribution in [0.5, 0.6) is 0 Å². The molecule has 0 unspecified atom stereocenters. The van der Waals surface area contributed by atoms with Gasteiger partial charge in [0.2, 0.25) is 0 Å². The Bertz CT molecular complexity index is 1280. The average molecular weight is 979 g/mol. The zero-order valence-corrected chi connectivity index (χ0v) is 46.1. The van der Waals surface area contributed by atoms with E-state index >= 15 is 0 Å². The first-order valence-electron chi connectivity index (χ1n) is 19.4. The Morgan fingerprint density at radius 2 is 0.312 bits per heavy atom. The van der Waals surface area contributed by atoms with Crippen molar-refractivity contribution in [2.45, 2.75) is 166 Å². The number of hydrogen-bond acceptors (Lipinski definition) is 12. The van der Waals surface area contributed by atoms with E-state index < -0.39 is 32.5 Å². The number of carbonyl (C=O) groups is 6. The quantitative estimate of drug-likeness (QED) is 0.181. The second-order valence-electron chi connectivity index (χ2n) is 20.2. The predicted octanol–water partition coefficient (Wildman–Crippen LogP) is -0.803. The van der Waals surface area contributed by atoms with Gasteiger partial charge in [0.05, 0.1) is 0 Å². The topological polar surface area (TPSA) is 241 Å². The van der Waals surface area contributed by atoms with Gasteiger partial charge in [-0.3, -0.25) is 28.8 Å². The summed E-state index contributed by atoms with van der Waals surface area (Å²) in [7, 11) is 0. The summed E-state index contributed by atoms with van der Waals surface area (Å²) in [6.07, 6.45) is 6.83. The van der Waals surface area contributed by atoms with Crippen molar-refractivity contribution in [1.82, 2.24) is 0 Å². The van der Waals surface area contributed by atoms with Crippen LogP contribution in [-0.2, 0) is 62.3 Å². The number of rotatable bonds is 6. The zero-order chi connectivity index (χ0) is 50.2. The van der Waals surface area contributed by atoms with Crippen LogP contribution in [0.2, 0.25) is 0 Å². The van der Waals surface area contributed by atoms with Gasteiger partial charge in [-0.15, -0.1) is 34.6 Å². The molecule has 0 spiro atoms. The third-order valence-electron chi connectivity index (χ3n) is 6.44. The summed E-state index contributed by atoms with van der Waals surface area (Å²) in [5.41, 5.74) is -2.55. The van der Waals surface area contributed by atoms with E-state index in [1.54, 1.807) is 125 Å². The first-order chi connectivity index (χ1) is 26.0. The minimum Gasteiger partial charge on any atom is -0.876 e. The Hall–Kier alpha value is -2.53. The maximum absolute atomic E-state index is 11.0. The van der Waals surface area contributed by atoms with E-state index in [0.29, 0.717) is 0 Å². The first kappa shape index (κ1) is 84.8. The van der Waals surface area contributed by atoms with Gasteiger partial charge in [-0.05, 0) is 36.5 Å². The van der Waals surface area contributed by atoms with E-state index in [4.69, 9.17) is 0 Å². The molecule has 0 aliphatic heterocycles. The molecule has 0 atom stereocenters. The van der Waals surface area contributed by atoms with Crippen molar-refractivity contribution in [3.8, 4) is 0 Å². The summed E-state index contributed by atoms with van der Waals surface area (Å²) in [6.45, 7) is 40.4. The van der Waals surface area contributed by atoms with Crippen molar-refractivity contribution in [3.05, 3.63) is 71.0 Å². The fourth-order valence-corrected chi connectivity index (χ4v) is 2.41. The van der Waals surface area contributed by atoms with Crippen LogP contribution in [0.3, 0.4) is 0 Å². The molecule has 2 radical (unpaired) electrons. The molecule has 0 saturated heterocycles. The number of hydrogen-bond donors (Lipinski definition) is 0. The molecule has 0 aliphatic carbocycles. The predicted molar refractivity (Wildman–Crippen MR) is 229 cm³/mol. The van der Waals surface area contributed by atoms with Crippen molar-refractivity contribution in [3.63, 3.8) is 0 Å². The molecule has 16 heteroatoms. The molecule has 12 nitrogen and oxygen atoms in total. The summed E-state index contributed by atoms with van der Waals surface area (Å²) in [6, 6.07) is 0. The maximum Gasteiger partial charge on any atom is 2.00 e. The van der Waals surface area contributed by atoms with Gasteiger partial charge in [0.15, 0.2) is 34.7 Å². The van der Waals surface area contributed by atoms with E-state index in [1.807, 2.05) is 0 Å². The average Bonchev–Trinajstić information content (AvgIpc) is 2.94. The summed E-state index contributed by atoms with van der Waals surface area (Å²) < 4.78 is 0. The van der Waals surface area contributed by atoms with Crippen molar-refractivity contribution in [2.75, 3.05) is 0 Å². The normalized spacial score (nSPS) is 12.6. The van der Waals surface area contributed by atoms with Crippen LogP contribution in [-0.4, -0.2) is 34.7 Å². The van der Waals surface area contributed by atoms with Gasteiger partial charge < -0.3 is 30.6 Å². The molecule has 0 heterocycles. The molecule has 0 fully saturated rings. The molecular formula is C48H78Co2Li2O12. The standard InChI is InChI=1S/6C8H14O2.2Co.2Li/c6*1-6(9)5-7(10)8(2,3)4;;;;/h6*5,9H,1-4H3;;;;/q;;;;;;2*+2;2*+1/p-6/b6*6-5-;;;;. The Kier molecular flexibility index (Phi) is 49.8. The molecule has 64 heavy (non-hydrogen) atoms. The zero-order valence-electron chi connectivity index (χ0n) is 44.0. The molecule has 362 valence electrons. The van der Waals surface area contributed by atoms with Gasteiger partial charge in [0.25, 0.3) is 0 Å². The Morgan fingerprint density at radius 1 is 0.250 bits per heavy atom. The molecule has 0 aromatic carbocycles.